The van der Waals surface area contributed by atoms with Crippen molar-refractivity contribution in [2.75, 3.05) is 5.32 Å². The Kier molecular flexibility index (Phi) is 3.36. The zero-order valence-electron chi connectivity index (χ0n) is 8.95. The second-order valence-corrected chi connectivity index (χ2v) is 4.24. The van der Waals surface area contributed by atoms with Crippen molar-refractivity contribution < 1.29 is 4.79 Å². The van der Waals surface area contributed by atoms with E-state index in [-0.39, 0.29) is 5.91 Å². The molecular weight excluding hydrogens is 261 g/mol. The normalized spacial score (nSPS) is 10.3. The van der Waals surface area contributed by atoms with Crippen LogP contribution in [0.25, 0.3) is 0 Å². The van der Waals surface area contributed by atoms with Crippen molar-refractivity contribution in [3.8, 4) is 0 Å². The zero-order chi connectivity index (χ0) is 12.4. The van der Waals surface area contributed by atoms with Gasteiger partial charge < -0.3 is 5.32 Å². The van der Waals surface area contributed by atoms with E-state index in [4.69, 9.17) is 23.2 Å². The molecule has 1 aromatic heterocycles. The van der Waals surface area contributed by atoms with Crippen molar-refractivity contribution in [3.05, 3.63) is 46.2 Å². The number of hydrogen-bond donors (Lipinski definition) is 1. The number of rotatable bonds is 2. The van der Waals surface area contributed by atoms with Crippen molar-refractivity contribution in [2.24, 2.45) is 7.05 Å². The standard InChI is InChI=1S/C11H9Cl2N3O/c1-16-6-7(5-14-16)11(17)15-9-4-2-3-8(12)10(9)13/h2-6H,1H3,(H,15,17). The summed E-state index contributed by atoms with van der Waals surface area (Å²) >= 11 is 11.8. The fourth-order valence-electron chi connectivity index (χ4n) is 1.33. The highest BCUT2D eigenvalue weighted by atomic mass is 35.5. The lowest BCUT2D eigenvalue weighted by Crippen LogP contribution is -2.11. The van der Waals surface area contributed by atoms with Gasteiger partial charge in [-0.25, -0.2) is 0 Å². The Bertz CT molecular complexity index is 566. The molecule has 0 saturated heterocycles. The van der Waals surface area contributed by atoms with E-state index in [0.717, 1.165) is 0 Å². The molecular formula is C11H9Cl2N3O. The minimum Gasteiger partial charge on any atom is -0.320 e. The number of aromatic nitrogens is 2. The highest BCUT2D eigenvalue weighted by Gasteiger charge is 2.11. The van der Waals surface area contributed by atoms with Crippen LogP contribution in [0.5, 0.6) is 0 Å². The van der Waals surface area contributed by atoms with E-state index >= 15 is 0 Å². The van der Waals surface area contributed by atoms with Crippen LogP contribution in [-0.4, -0.2) is 15.7 Å². The van der Waals surface area contributed by atoms with Crippen LogP contribution in [0.15, 0.2) is 30.6 Å². The molecule has 2 rings (SSSR count). The molecule has 17 heavy (non-hydrogen) atoms. The van der Waals surface area contributed by atoms with Crippen molar-refractivity contribution in [3.63, 3.8) is 0 Å². The summed E-state index contributed by atoms with van der Waals surface area (Å²) in [5, 5.41) is 7.31. The monoisotopic (exact) mass is 269 g/mol. The number of anilines is 1. The minimum absolute atomic E-state index is 0.276. The van der Waals surface area contributed by atoms with E-state index in [1.807, 2.05) is 0 Å². The molecule has 0 unspecified atom stereocenters. The van der Waals surface area contributed by atoms with Crippen LogP contribution in [0, 0.1) is 0 Å². The molecule has 0 aliphatic carbocycles. The summed E-state index contributed by atoms with van der Waals surface area (Å²) in [6.07, 6.45) is 3.10. The van der Waals surface area contributed by atoms with E-state index in [9.17, 15) is 4.79 Å². The Morgan fingerprint density at radius 2 is 2.18 bits per heavy atom. The molecule has 1 aromatic carbocycles. The Morgan fingerprint density at radius 1 is 1.41 bits per heavy atom. The summed E-state index contributed by atoms with van der Waals surface area (Å²) in [7, 11) is 1.74. The molecule has 0 radical (unpaired) electrons. The van der Waals surface area contributed by atoms with Gasteiger partial charge in [0.2, 0.25) is 0 Å². The van der Waals surface area contributed by atoms with Gasteiger partial charge in [0.15, 0.2) is 0 Å². The second kappa shape index (κ2) is 4.77. The SMILES string of the molecule is Cn1cc(C(=O)Nc2cccc(Cl)c2Cl)cn1. The highest BCUT2D eigenvalue weighted by Crippen LogP contribution is 2.29. The molecule has 0 bridgehead atoms. The minimum atomic E-state index is -0.276. The number of halogens is 2. The van der Waals surface area contributed by atoms with Crippen molar-refractivity contribution >= 4 is 34.8 Å². The fraction of sp³-hybridized carbons (Fsp3) is 0.0909. The maximum atomic E-state index is 11.8. The maximum absolute atomic E-state index is 11.8. The predicted octanol–water partition coefficient (Wildman–Crippen LogP) is 2.98. The predicted molar refractivity (Wildman–Crippen MR) is 67.6 cm³/mol. The van der Waals surface area contributed by atoms with Crippen molar-refractivity contribution in [1.29, 1.82) is 0 Å². The Balaban J connectivity index is 2.21. The number of hydrogen-bond acceptors (Lipinski definition) is 2. The van der Waals surface area contributed by atoms with Gasteiger partial charge in [0.25, 0.3) is 5.91 Å². The summed E-state index contributed by atoms with van der Waals surface area (Å²) in [6.45, 7) is 0. The van der Waals surface area contributed by atoms with Gasteiger partial charge in [0.05, 0.1) is 27.5 Å². The van der Waals surface area contributed by atoms with E-state index in [1.165, 1.54) is 6.20 Å². The Morgan fingerprint density at radius 3 is 2.82 bits per heavy atom. The lowest BCUT2D eigenvalue weighted by atomic mass is 10.3. The summed E-state index contributed by atoms with van der Waals surface area (Å²) in [5.74, 6) is -0.276. The number of aryl methyl sites for hydroxylation is 1. The van der Waals surface area contributed by atoms with E-state index in [2.05, 4.69) is 10.4 Å². The average molecular weight is 270 g/mol. The second-order valence-electron chi connectivity index (χ2n) is 3.46. The van der Waals surface area contributed by atoms with Gasteiger partial charge in [-0.05, 0) is 12.1 Å². The first kappa shape index (κ1) is 12.0. The molecule has 1 heterocycles. The van der Waals surface area contributed by atoms with Gasteiger partial charge in [-0.1, -0.05) is 29.3 Å². The number of carbonyl (C=O) groups excluding carboxylic acids is 1. The van der Waals surface area contributed by atoms with Crippen LogP contribution in [0.3, 0.4) is 0 Å². The Labute approximate surface area is 108 Å². The van der Waals surface area contributed by atoms with Crippen LogP contribution < -0.4 is 5.32 Å². The number of carbonyl (C=O) groups is 1. The summed E-state index contributed by atoms with van der Waals surface area (Å²) in [5.41, 5.74) is 0.941. The van der Waals surface area contributed by atoms with Crippen LogP contribution in [0.2, 0.25) is 10.0 Å². The van der Waals surface area contributed by atoms with Gasteiger partial charge in [-0.2, -0.15) is 5.10 Å². The average Bonchev–Trinajstić information content (AvgIpc) is 2.72. The van der Waals surface area contributed by atoms with E-state index < -0.39 is 0 Å². The third-order valence-electron chi connectivity index (χ3n) is 2.17. The first-order chi connectivity index (χ1) is 8.08. The number of nitrogens with zero attached hydrogens (tertiary/aromatic N) is 2. The molecule has 0 atom stereocenters. The van der Waals surface area contributed by atoms with Crippen LogP contribution >= 0.6 is 23.2 Å². The third kappa shape index (κ3) is 2.60. The molecule has 1 amide bonds. The molecule has 2 aromatic rings. The summed E-state index contributed by atoms with van der Waals surface area (Å²) < 4.78 is 1.55. The smallest absolute Gasteiger partial charge is 0.258 e. The molecule has 0 saturated carbocycles. The van der Waals surface area contributed by atoms with Crippen molar-refractivity contribution in [2.45, 2.75) is 0 Å². The van der Waals surface area contributed by atoms with Crippen LogP contribution in [0.1, 0.15) is 10.4 Å². The molecule has 0 fully saturated rings. The quantitative estimate of drug-likeness (QED) is 0.911. The van der Waals surface area contributed by atoms with E-state index in [1.54, 1.807) is 36.1 Å². The number of benzene rings is 1. The largest absolute Gasteiger partial charge is 0.320 e. The zero-order valence-corrected chi connectivity index (χ0v) is 10.5. The van der Waals surface area contributed by atoms with E-state index in [0.29, 0.717) is 21.3 Å². The number of nitrogens with one attached hydrogen (secondary N) is 1. The lowest BCUT2D eigenvalue weighted by Gasteiger charge is -2.06. The molecule has 0 aliphatic rings. The van der Waals surface area contributed by atoms with Crippen LogP contribution in [0.4, 0.5) is 5.69 Å². The van der Waals surface area contributed by atoms with Gasteiger partial charge in [0.1, 0.15) is 0 Å². The maximum Gasteiger partial charge on any atom is 0.258 e. The summed E-state index contributed by atoms with van der Waals surface area (Å²) in [6, 6.07) is 5.05. The summed E-state index contributed by atoms with van der Waals surface area (Å²) in [4.78, 5) is 11.8. The Hall–Kier alpha value is -1.52. The van der Waals surface area contributed by atoms with Gasteiger partial charge in [0, 0.05) is 13.2 Å². The first-order valence-electron chi connectivity index (χ1n) is 4.82. The third-order valence-corrected chi connectivity index (χ3v) is 2.99. The fourth-order valence-corrected chi connectivity index (χ4v) is 1.68. The molecule has 1 N–H and O–H groups in total. The van der Waals surface area contributed by atoms with Gasteiger partial charge >= 0.3 is 0 Å². The van der Waals surface area contributed by atoms with Gasteiger partial charge in [-0.15, -0.1) is 0 Å². The van der Waals surface area contributed by atoms with Gasteiger partial charge in [-0.3, -0.25) is 9.48 Å². The topological polar surface area (TPSA) is 46.9 Å². The molecule has 6 heteroatoms. The number of amides is 1. The molecule has 88 valence electrons. The highest BCUT2D eigenvalue weighted by molar-refractivity contribution is 6.44. The van der Waals surface area contributed by atoms with Crippen molar-refractivity contribution in [1.82, 2.24) is 9.78 Å². The van der Waals surface area contributed by atoms with Crippen LogP contribution in [-0.2, 0) is 7.05 Å². The molecule has 0 aliphatic heterocycles. The first-order valence-corrected chi connectivity index (χ1v) is 5.57. The molecule has 0 spiro atoms. The molecule has 4 nitrogen and oxygen atoms in total. The lowest BCUT2D eigenvalue weighted by molar-refractivity contribution is 0.102.